The molecule has 0 amide bonds. The number of rotatable bonds is 4. The molecule has 0 aliphatic carbocycles. The zero-order valence-electron chi connectivity index (χ0n) is 11.8. The van der Waals surface area contributed by atoms with E-state index in [2.05, 4.69) is 15.4 Å². The summed E-state index contributed by atoms with van der Waals surface area (Å²) in [7, 11) is 0. The average Bonchev–Trinajstić information content (AvgIpc) is 3.05. The van der Waals surface area contributed by atoms with E-state index >= 15 is 0 Å². The van der Waals surface area contributed by atoms with Crippen LogP contribution in [0.5, 0.6) is 0 Å². The number of thioether (sulfide) groups is 1. The van der Waals surface area contributed by atoms with Crippen molar-refractivity contribution in [3.05, 3.63) is 64.6 Å². The summed E-state index contributed by atoms with van der Waals surface area (Å²) < 4.78 is 13.2. The van der Waals surface area contributed by atoms with E-state index in [1.165, 1.54) is 6.07 Å². The predicted octanol–water partition coefficient (Wildman–Crippen LogP) is 4.43. The van der Waals surface area contributed by atoms with E-state index in [0.29, 0.717) is 11.4 Å². The third-order valence-electron chi connectivity index (χ3n) is 3.15. The first kappa shape index (κ1) is 15.5. The van der Waals surface area contributed by atoms with Crippen molar-refractivity contribution < 1.29 is 4.39 Å². The molecule has 7 heteroatoms. The van der Waals surface area contributed by atoms with Crippen LogP contribution in [-0.2, 0) is 5.75 Å². The fourth-order valence-electron chi connectivity index (χ4n) is 2.05. The molecule has 0 bridgehead atoms. The van der Waals surface area contributed by atoms with Crippen LogP contribution in [0.15, 0.2) is 47.4 Å². The fraction of sp³-hybridized carbons (Fsp3) is 0.0625. The van der Waals surface area contributed by atoms with Crippen LogP contribution in [0.1, 0.15) is 11.3 Å². The Morgan fingerprint density at radius 3 is 2.87 bits per heavy atom. The largest absolute Gasteiger partial charge is 0.205 e. The van der Waals surface area contributed by atoms with Crippen LogP contribution < -0.4 is 0 Å². The van der Waals surface area contributed by atoms with Crippen LogP contribution in [0.4, 0.5) is 4.39 Å². The van der Waals surface area contributed by atoms with Crippen molar-refractivity contribution in [1.29, 1.82) is 5.26 Å². The molecule has 0 unspecified atom stereocenters. The third-order valence-corrected chi connectivity index (χ3v) is 4.51. The Bertz CT molecular complexity index is 888. The van der Waals surface area contributed by atoms with Crippen molar-refractivity contribution >= 4 is 23.4 Å². The van der Waals surface area contributed by atoms with Crippen LogP contribution >= 0.6 is 23.4 Å². The summed E-state index contributed by atoms with van der Waals surface area (Å²) in [6.07, 6.45) is 0. The highest BCUT2D eigenvalue weighted by Crippen LogP contribution is 2.28. The first-order chi connectivity index (χ1) is 11.2. The Hall–Kier alpha value is -2.36. The molecular weight excluding hydrogens is 335 g/mol. The zero-order chi connectivity index (χ0) is 16.2. The van der Waals surface area contributed by atoms with E-state index in [0.717, 1.165) is 16.0 Å². The average molecular weight is 345 g/mol. The van der Waals surface area contributed by atoms with Crippen LogP contribution in [0.25, 0.3) is 11.3 Å². The molecule has 3 rings (SSSR count). The molecule has 0 aliphatic heterocycles. The Labute approximate surface area is 141 Å². The van der Waals surface area contributed by atoms with Crippen molar-refractivity contribution in [2.24, 2.45) is 0 Å². The Kier molecular flexibility index (Phi) is 4.60. The monoisotopic (exact) mass is 344 g/mol. The number of halogens is 2. The summed E-state index contributed by atoms with van der Waals surface area (Å²) in [4.78, 5) is 0.890. The lowest BCUT2D eigenvalue weighted by Gasteiger charge is -2.05. The SMILES string of the molecule is N#Cc1n[nH]nc1-c1cccc(CSc2ccc(F)c(Cl)c2)c1. The van der Waals surface area contributed by atoms with Gasteiger partial charge in [0.15, 0.2) is 5.69 Å². The molecule has 0 saturated carbocycles. The minimum absolute atomic E-state index is 0.116. The molecule has 2 aromatic carbocycles. The molecule has 3 aromatic rings. The van der Waals surface area contributed by atoms with Gasteiger partial charge in [-0.1, -0.05) is 29.8 Å². The Morgan fingerprint density at radius 2 is 2.09 bits per heavy atom. The number of nitrogens with one attached hydrogen (secondary N) is 1. The lowest BCUT2D eigenvalue weighted by molar-refractivity contribution is 0.627. The molecule has 0 spiro atoms. The van der Waals surface area contributed by atoms with E-state index in [9.17, 15) is 4.39 Å². The second-order valence-corrected chi connectivity index (χ2v) is 6.15. The van der Waals surface area contributed by atoms with Crippen LogP contribution in [-0.4, -0.2) is 15.4 Å². The van der Waals surface area contributed by atoms with Crippen molar-refractivity contribution in [2.45, 2.75) is 10.6 Å². The lowest BCUT2D eigenvalue weighted by atomic mass is 10.1. The van der Waals surface area contributed by atoms with Crippen molar-refractivity contribution in [2.75, 3.05) is 0 Å². The maximum absolute atomic E-state index is 13.2. The zero-order valence-corrected chi connectivity index (χ0v) is 13.3. The molecular formula is C16H10ClFN4S. The summed E-state index contributed by atoms with van der Waals surface area (Å²) >= 11 is 7.34. The number of aromatic amines is 1. The Morgan fingerprint density at radius 1 is 1.22 bits per heavy atom. The molecule has 1 heterocycles. The van der Waals surface area contributed by atoms with Crippen molar-refractivity contribution in [3.63, 3.8) is 0 Å². The summed E-state index contributed by atoms with van der Waals surface area (Å²) in [6.45, 7) is 0. The van der Waals surface area contributed by atoms with Gasteiger partial charge in [0, 0.05) is 16.2 Å². The van der Waals surface area contributed by atoms with E-state index in [1.54, 1.807) is 23.9 Å². The topological polar surface area (TPSA) is 65.4 Å². The molecule has 0 aliphatic rings. The van der Waals surface area contributed by atoms with Gasteiger partial charge in [-0.3, -0.25) is 0 Å². The quantitative estimate of drug-likeness (QED) is 0.711. The minimum atomic E-state index is -0.423. The number of nitrogens with zero attached hydrogens (tertiary/aromatic N) is 3. The van der Waals surface area contributed by atoms with Gasteiger partial charge in [-0.2, -0.15) is 15.6 Å². The van der Waals surface area contributed by atoms with Gasteiger partial charge in [0.05, 0.1) is 5.02 Å². The molecule has 23 heavy (non-hydrogen) atoms. The summed E-state index contributed by atoms with van der Waals surface area (Å²) in [6, 6.07) is 14.4. The number of hydrogen-bond acceptors (Lipinski definition) is 4. The molecule has 0 atom stereocenters. The van der Waals surface area contributed by atoms with Gasteiger partial charge in [-0.15, -0.1) is 16.9 Å². The minimum Gasteiger partial charge on any atom is -0.205 e. The van der Waals surface area contributed by atoms with Gasteiger partial charge in [0.25, 0.3) is 0 Å². The highest BCUT2D eigenvalue weighted by atomic mass is 35.5. The number of aromatic nitrogens is 3. The summed E-state index contributed by atoms with van der Waals surface area (Å²) in [5.74, 6) is 0.267. The Balaban J connectivity index is 1.78. The van der Waals surface area contributed by atoms with Crippen LogP contribution in [0.2, 0.25) is 5.02 Å². The van der Waals surface area contributed by atoms with Gasteiger partial charge < -0.3 is 0 Å². The van der Waals surface area contributed by atoms with Gasteiger partial charge in [-0.25, -0.2) is 4.39 Å². The first-order valence-corrected chi connectivity index (χ1v) is 8.02. The second-order valence-electron chi connectivity index (χ2n) is 4.70. The van der Waals surface area contributed by atoms with Gasteiger partial charge in [-0.05, 0) is 29.8 Å². The molecule has 1 aromatic heterocycles. The second kappa shape index (κ2) is 6.82. The maximum atomic E-state index is 13.2. The summed E-state index contributed by atoms with van der Waals surface area (Å²) in [5.41, 5.74) is 2.68. The van der Waals surface area contributed by atoms with Crippen molar-refractivity contribution in [3.8, 4) is 17.3 Å². The maximum Gasteiger partial charge on any atom is 0.190 e. The number of H-pyrrole nitrogens is 1. The van der Waals surface area contributed by atoms with Gasteiger partial charge >= 0.3 is 0 Å². The number of hydrogen-bond donors (Lipinski definition) is 1. The smallest absolute Gasteiger partial charge is 0.190 e. The fourth-order valence-corrected chi connectivity index (χ4v) is 3.18. The van der Waals surface area contributed by atoms with Crippen molar-refractivity contribution in [1.82, 2.24) is 15.4 Å². The summed E-state index contributed by atoms with van der Waals surface area (Å²) in [5, 5.41) is 19.4. The predicted molar refractivity (Wildman–Crippen MR) is 87.5 cm³/mol. The normalized spacial score (nSPS) is 10.5. The molecule has 4 nitrogen and oxygen atoms in total. The highest BCUT2D eigenvalue weighted by Gasteiger charge is 2.10. The molecule has 0 saturated heterocycles. The lowest BCUT2D eigenvalue weighted by Crippen LogP contribution is -1.86. The first-order valence-electron chi connectivity index (χ1n) is 6.65. The highest BCUT2D eigenvalue weighted by molar-refractivity contribution is 7.98. The van der Waals surface area contributed by atoms with E-state index in [4.69, 9.17) is 16.9 Å². The van der Waals surface area contributed by atoms with E-state index in [-0.39, 0.29) is 10.7 Å². The van der Waals surface area contributed by atoms with E-state index in [1.807, 2.05) is 30.3 Å². The van der Waals surface area contributed by atoms with Crippen LogP contribution in [0.3, 0.4) is 0 Å². The van der Waals surface area contributed by atoms with E-state index < -0.39 is 5.82 Å². The molecule has 0 radical (unpaired) electrons. The molecule has 0 fully saturated rings. The molecule has 1 N–H and O–H groups in total. The van der Waals surface area contributed by atoms with Gasteiger partial charge in [0.1, 0.15) is 17.6 Å². The van der Waals surface area contributed by atoms with Gasteiger partial charge in [0.2, 0.25) is 0 Å². The molecule has 114 valence electrons. The standard InChI is InChI=1S/C16H10ClFN4S/c17-13-7-12(4-5-14(13)18)23-9-10-2-1-3-11(6-10)16-15(8-19)20-22-21-16/h1-7H,9H2,(H,20,21,22). The third kappa shape index (κ3) is 3.52. The number of nitriles is 1. The number of benzene rings is 2. The van der Waals surface area contributed by atoms with Crippen LogP contribution in [0, 0.1) is 17.1 Å².